The fraction of sp³-hybridized carbons (Fsp3) is 0.0769. The zero-order chi connectivity index (χ0) is 14.9. The van der Waals surface area contributed by atoms with Crippen molar-refractivity contribution < 1.29 is 13.2 Å². The first-order valence-electron chi connectivity index (χ1n) is 5.60. The second-order valence-corrected chi connectivity index (χ2v) is 6.42. The second kappa shape index (κ2) is 5.22. The third-order valence-electron chi connectivity index (χ3n) is 2.79. The van der Waals surface area contributed by atoms with E-state index in [4.69, 9.17) is 27.8 Å². The highest BCUT2D eigenvalue weighted by Crippen LogP contribution is 2.31. The van der Waals surface area contributed by atoms with Gasteiger partial charge in [0.2, 0.25) is 9.84 Å². The molecule has 0 saturated carbocycles. The van der Waals surface area contributed by atoms with Gasteiger partial charge in [0.05, 0.1) is 33.3 Å². The topological polar surface area (TPSA) is 95.4 Å². The van der Waals surface area contributed by atoms with Gasteiger partial charge >= 0.3 is 0 Å². The smallest absolute Gasteiger partial charge is 0.208 e. The minimum atomic E-state index is -3.79. The average Bonchev–Trinajstić information content (AvgIpc) is 2.42. The van der Waals surface area contributed by atoms with E-state index in [0.29, 0.717) is 11.4 Å². The zero-order valence-corrected chi connectivity index (χ0v) is 12.2. The van der Waals surface area contributed by atoms with Gasteiger partial charge in [-0.25, -0.2) is 8.42 Å². The van der Waals surface area contributed by atoms with E-state index in [1.54, 1.807) is 6.07 Å². The van der Waals surface area contributed by atoms with Gasteiger partial charge in [-0.05, 0) is 30.3 Å². The summed E-state index contributed by atoms with van der Waals surface area (Å²) >= 11 is 5.86. The predicted octanol–water partition coefficient (Wildman–Crippen LogP) is 2.35. The Bertz CT molecular complexity index is 760. The van der Waals surface area contributed by atoms with Crippen LogP contribution in [-0.2, 0) is 9.84 Å². The van der Waals surface area contributed by atoms with Crippen LogP contribution in [0.25, 0.3) is 0 Å². The number of sulfone groups is 1. The molecule has 0 unspecified atom stereocenters. The SMILES string of the molecule is COc1ccc(N)c(S(=O)(=O)c2ccc(N)c(Cl)c2)c1. The summed E-state index contributed by atoms with van der Waals surface area (Å²) in [7, 11) is -2.34. The summed E-state index contributed by atoms with van der Waals surface area (Å²) in [4.78, 5) is -0.00524. The maximum atomic E-state index is 12.6. The fourth-order valence-electron chi connectivity index (χ4n) is 1.68. The van der Waals surface area contributed by atoms with Gasteiger partial charge in [0.15, 0.2) is 0 Å². The highest BCUT2D eigenvalue weighted by molar-refractivity contribution is 7.91. The molecule has 5 nitrogen and oxygen atoms in total. The van der Waals surface area contributed by atoms with Crippen molar-refractivity contribution in [1.82, 2.24) is 0 Å². The molecule has 0 atom stereocenters. The zero-order valence-electron chi connectivity index (χ0n) is 10.6. The molecule has 0 heterocycles. The molecule has 0 aromatic heterocycles. The third-order valence-corrected chi connectivity index (χ3v) is 4.93. The lowest BCUT2D eigenvalue weighted by molar-refractivity contribution is 0.413. The minimum absolute atomic E-state index is 0.0247. The number of rotatable bonds is 3. The van der Waals surface area contributed by atoms with Crippen LogP contribution in [0.3, 0.4) is 0 Å². The molecule has 106 valence electrons. The lowest BCUT2D eigenvalue weighted by Gasteiger charge is -2.10. The quantitative estimate of drug-likeness (QED) is 0.848. The van der Waals surface area contributed by atoms with Gasteiger partial charge in [0.1, 0.15) is 5.75 Å². The van der Waals surface area contributed by atoms with E-state index >= 15 is 0 Å². The molecule has 0 amide bonds. The summed E-state index contributed by atoms with van der Waals surface area (Å²) in [6, 6.07) is 8.55. The van der Waals surface area contributed by atoms with E-state index in [1.807, 2.05) is 0 Å². The summed E-state index contributed by atoms with van der Waals surface area (Å²) in [5.41, 5.74) is 11.8. The number of benzene rings is 2. The van der Waals surface area contributed by atoms with Crippen molar-refractivity contribution in [1.29, 1.82) is 0 Å². The highest BCUT2D eigenvalue weighted by atomic mass is 35.5. The summed E-state index contributed by atoms with van der Waals surface area (Å²) in [6.07, 6.45) is 0. The van der Waals surface area contributed by atoms with Crippen LogP contribution in [-0.4, -0.2) is 15.5 Å². The van der Waals surface area contributed by atoms with Gasteiger partial charge in [0.25, 0.3) is 0 Å². The molecule has 2 rings (SSSR count). The molecule has 0 spiro atoms. The van der Waals surface area contributed by atoms with Crippen molar-refractivity contribution in [2.24, 2.45) is 0 Å². The molecule has 0 bridgehead atoms. The van der Waals surface area contributed by atoms with Crippen LogP contribution in [0.2, 0.25) is 5.02 Å². The lowest BCUT2D eigenvalue weighted by atomic mass is 10.3. The van der Waals surface area contributed by atoms with Gasteiger partial charge in [0, 0.05) is 6.07 Å². The molecule has 0 aliphatic heterocycles. The molecule has 20 heavy (non-hydrogen) atoms. The molecule has 0 saturated heterocycles. The number of nitrogens with two attached hydrogens (primary N) is 2. The normalized spacial score (nSPS) is 11.3. The molecule has 0 aliphatic rings. The van der Waals surface area contributed by atoms with Crippen molar-refractivity contribution in [3.05, 3.63) is 41.4 Å². The molecule has 7 heteroatoms. The Morgan fingerprint density at radius 2 is 1.70 bits per heavy atom. The lowest BCUT2D eigenvalue weighted by Crippen LogP contribution is -2.06. The van der Waals surface area contributed by atoms with Crippen LogP contribution in [0.4, 0.5) is 11.4 Å². The molecule has 2 aromatic carbocycles. The van der Waals surface area contributed by atoms with E-state index in [9.17, 15) is 8.42 Å². The molecule has 0 aliphatic carbocycles. The van der Waals surface area contributed by atoms with Gasteiger partial charge in [-0.15, -0.1) is 0 Å². The van der Waals surface area contributed by atoms with Crippen molar-refractivity contribution in [2.75, 3.05) is 18.6 Å². The third kappa shape index (κ3) is 2.52. The van der Waals surface area contributed by atoms with Crippen LogP contribution >= 0.6 is 11.6 Å². The number of hydrogen-bond donors (Lipinski definition) is 2. The van der Waals surface area contributed by atoms with Crippen molar-refractivity contribution >= 4 is 32.8 Å². The van der Waals surface area contributed by atoms with Gasteiger partial charge in [-0.2, -0.15) is 0 Å². The monoisotopic (exact) mass is 312 g/mol. The first-order chi connectivity index (χ1) is 9.36. The van der Waals surface area contributed by atoms with Crippen molar-refractivity contribution in [3.8, 4) is 5.75 Å². The number of halogens is 1. The maximum Gasteiger partial charge on any atom is 0.208 e. The fourth-order valence-corrected chi connectivity index (χ4v) is 3.35. The summed E-state index contributed by atoms with van der Waals surface area (Å²) in [6.45, 7) is 0. The summed E-state index contributed by atoms with van der Waals surface area (Å²) in [5.74, 6) is 0.402. The first kappa shape index (κ1) is 14.5. The Balaban J connectivity index is 2.63. The Labute approximate surface area is 122 Å². The van der Waals surface area contributed by atoms with E-state index < -0.39 is 9.84 Å². The molecule has 4 N–H and O–H groups in total. The number of ether oxygens (including phenoxy) is 1. The highest BCUT2D eigenvalue weighted by Gasteiger charge is 2.22. The number of nitrogen functional groups attached to an aromatic ring is 2. The molecular formula is C13H13ClN2O3S. The van der Waals surface area contributed by atoms with Gasteiger partial charge < -0.3 is 16.2 Å². The first-order valence-corrected chi connectivity index (χ1v) is 7.46. The summed E-state index contributed by atoms with van der Waals surface area (Å²) in [5, 5.41) is 0.174. The standard InChI is InChI=1S/C13H13ClN2O3S/c1-19-8-2-4-12(16)13(6-8)20(17,18)9-3-5-11(15)10(14)7-9/h2-7H,15-16H2,1H3. The van der Waals surface area contributed by atoms with E-state index in [1.165, 1.54) is 37.4 Å². The summed E-state index contributed by atoms with van der Waals surface area (Å²) < 4.78 is 30.1. The minimum Gasteiger partial charge on any atom is -0.497 e. The predicted molar refractivity (Wildman–Crippen MR) is 78.7 cm³/mol. The second-order valence-electron chi connectivity index (χ2n) is 4.09. The van der Waals surface area contributed by atoms with Crippen LogP contribution in [0.5, 0.6) is 5.75 Å². The number of anilines is 2. The molecule has 0 radical (unpaired) electrons. The van der Waals surface area contributed by atoms with Crippen LogP contribution in [0.15, 0.2) is 46.2 Å². The Hall–Kier alpha value is -1.92. The Morgan fingerprint density at radius 1 is 1.05 bits per heavy atom. The Kier molecular flexibility index (Phi) is 3.78. The largest absolute Gasteiger partial charge is 0.497 e. The van der Waals surface area contributed by atoms with E-state index in [0.717, 1.165) is 0 Å². The number of methoxy groups -OCH3 is 1. The Morgan fingerprint density at radius 3 is 2.30 bits per heavy atom. The molecule has 0 fully saturated rings. The van der Waals surface area contributed by atoms with Crippen LogP contribution < -0.4 is 16.2 Å². The average molecular weight is 313 g/mol. The van der Waals surface area contributed by atoms with E-state index in [-0.39, 0.29) is 20.5 Å². The van der Waals surface area contributed by atoms with Crippen molar-refractivity contribution in [3.63, 3.8) is 0 Å². The number of hydrogen-bond acceptors (Lipinski definition) is 5. The van der Waals surface area contributed by atoms with Gasteiger partial charge in [-0.3, -0.25) is 0 Å². The van der Waals surface area contributed by atoms with Crippen molar-refractivity contribution in [2.45, 2.75) is 9.79 Å². The maximum absolute atomic E-state index is 12.6. The van der Waals surface area contributed by atoms with Crippen LogP contribution in [0, 0.1) is 0 Å². The molecule has 2 aromatic rings. The molecular weight excluding hydrogens is 300 g/mol. The van der Waals surface area contributed by atoms with Gasteiger partial charge in [-0.1, -0.05) is 11.6 Å². The van der Waals surface area contributed by atoms with E-state index in [2.05, 4.69) is 0 Å². The van der Waals surface area contributed by atoms with Crippen LogP contribution in [0.1, 0.15) is 0 Å².